The van der Waals surface area contributed by atoms with E-state index >= 15 is 0 Å². The van der Waals surface area contributed by atoms with E-state index in [4.69, 9.17) is 4.74 Å². The number of amides is 8. The smallest absolute Gasteiger partial charge is 0.246 e. The van der Waals surface area contributed by atoms with Gasteiger partial charge in [0.05, 0.1) is 38.8 Å². The van der Waals surface area contributed by atoms with Crippen LogP contribution in [0.15, 0.2) is 72.8 Å². The SMILES string of the molecule is CC(=O)NCC(=O)N[C@H]1CC(=O)NCCCCNC(=O)CNC(=O)CNC(=O)[C@@H](Cc2cccc3ccccc23)NC(=O)[C@@H]2CC(OCc3ccccc3)CN2C1=O. The van der Waals surface area contributed by atoms with Crippen LogP contribution in [-0.2, 0) is 56.1 Å². The Hall–Kier alpha value is -6.36. The van der Waals surface area contributed by atoms with Gasteiger partial charge in [0.2, 0.25) is 47.3 Å². The second-order valence-corrected chi connectivity index (χ2v) is 14.2. The molecule has 4 atom stereocenters. The number of rotatable bonds is 8. The van der Waals surface area contributed by atoms with Crippen LogP contribution in [0.4, 0.5) is 0 Å². The van der Waals surface area contributed by atoms with Crippen LogP contribution in [0.3, 0.4) is 0 Å². The van der Waals surface area contributed by atoms with Crippen molar-refractivity contribution >= 4 is 58.0 Å². The number of carbonyl (C=O) groups excluding carboxylic acids is 8. The fourth-order valence-corrected chi connectivity index (χ4v) is 6.77. The molecule has 3 aromatic rings. The summed E-state index contributed by atoms with van der Waals surface area (Å²) in [5.41, 5.74) is 1.59. The molecule has 2 aliphatic heterocycles. The number of carbonyl (C=O) groups is 8. The van der Waals surface area contributed by atoms with Gasteiger partial charge in [0.1, 0.15) is 18.1 Å². The number of ether oxygens (including phenoxy) is 1. The Morgan fingerprint density at radius 1 is 0.776 bits per heavy atom. The molecule has 17 heteroatoms. The van der Waals surface area contributed by atoms with E-state index in [0.717, 1.165) is 21.9 Å². The third kappa shape index (κ3) is 12.8. The summed E-state index contributed by atoms with van der Waals surface area (Å²) >= 11 is 0. The summed E-state index contributed by atoms with van der Waals surface area (Å²) in [5, 5.41) is 19.9. The highest BCUT2D eigenvalue weighted by Gasteiger charge is 2.44. The molecule has 2 saturated heterocycles. The maximum atomic E-state index is 14.5. The number of nitrogens with zero attached hydrogens (tertiary/aromatic N) is 1. The molecule has 3 aromatic carbocycles. The third-order valence-electron chi connectivity index (χ3n) is 9.75. The van der Waals surface area contributed by atoms with Gasteiger partial charge in [0, 0.05) is 39.4 Å². The van der Waals surface area contributed by atoms with Gasteiger partial charge in [-0.25, -0.2) is 0 Å². The Morgan fingerprint density at radius 2 is 1.45 bits per heavy atom. The van der Waals surface area contributed by atoms with E-state index in [1.54, 1.807) is 0 Å². The molecule has 58 heavy (non-hydrogen) atoms. The van der Waals surface area contributed by atoms with E-state index in [1.807, 2.05) is 72.8 Å². The number of nitrogens with one attached hydrogen (secondary N) is 7. The van der Waals surface area contributed by atoms with Gasteiger partial charge in [0.15, 0.2) is 0 Å². The zero-order chi connectivity index (χ0) is 41.4. The molecule has 2 fully saturated rings. The van der Waals surface area contributed by atoms with E-state index in [9.17, 15) is 38.4 Å². The monoisotopic (exact) mass is 798 g/mol. The summed E-state index contributed by atoms with van der Waals surface area (Å²) in [6, 6.07) is 18.6. The average molecular weight is 799 g/mol. The third-order valence-corrected chi connectivity index (χ3v) is 9.75. The van der Waals surface area contributed by atoms with Crippen molar-refractivity contribution in [1.82, 2.24) is 42.1 Å². The van der Waals surface area contributed by atoms with Gasteiger partial charge in [-0.1, -0.05) is 72.8 Å². The summed E-state index contributed by atoms with van der Waals surface area (Å²) < 4.78 is 6.19. The van der Waals surface area contributed by atoms with Crippen LogP contribution >= 0.6 is 0 Å². The van der Waals surface area contributed by atoms with Crippen molar-refractivity contribution in [3.05, 3.63) is 83.9 Å². The lowest BCUT2D eigenvalue weighted by Crippen LogP contribution is -2.58. The molecule has 2 aliphatic rings. The van der Waals surface area contributed by atoms with E-state index in [1.165, 1.54) is 11.8 Å². The average Bonchev–Trinajstić information content (AvgIpc) is 3.65. The van der Waals surface area contributed by atoms with Gasteiger partial charge in [0.25, 0.3) is 0 Å². The first-order chi connectivity index (χ1) is 28.0. The zero-order valence-electron chi connectivity index (χ0n) is 32.3. The van der Waals surface area contributed by atoms with Crippen LogP contribution in [0.2, 0.25) is 0 Å². The Bertz CT molecular complexity index is 1970. The summed E-state index contributed by atoms with van der Waals surface area (Å²) in [6.45, 7) is 0.544. The Labute approximate surface area is 335 Å². The van der Waals surface area contributed by atoms with E-state index < -0.39 is 91.0 Å². The van der Waals surface area contributed by atoms with E-state index in [2.05, 4.69) is 37.2 Å². The van der Waals surface area contributed by atoms with Crippen molar-refractivity contribution in [2.24, 2.45) is 0 Å². The molecular weight excluding hydrogens is 748 g/mol. The van der Waals surface area contributed by atoms with Crippen LogP contribution < -0.4 is 37.2 Å². The summed E-state index contributed by atoms with van der Waals surface area (Å²) in [6.07, 6.45) is -0.140. The minimum atomic E-state index is -1.44. The lowest BCUT2D eigenvalue weighted by molar-refractivity contribution is -0.143. The molecular formula is C41H50N8O9. The summed E-state index contributed by atoms with van der Waals surface area (Å²) in [4.78, 5) is 107. The molecule has 0 aromatic heterocycles. The Kier molecular flexibility index (Phi) is 15.7. The molecule has 308 valence electrons. The molecule has 0 spiro atoms. The lowest BCUT2D eigenvalue weighted by Gasteiger charge is -2.29. The van der Waals surface area contributed by atoms with Crippen molar-refractivity contribution < 1.29 is 43.1 Å². The van der Waals surface area contributed by atoms with Crippen LogP contribution in [-0.4, -0.2) is 116 Å². The molecule has 0 aliphatic carbocycles. The molecule has 7 N–H and O–H groups in total. The highest BCUT2D eigenvalue weighted by molar-refractivity contribution is 5.98. The molecule has 0 bridgehead atoms. The molecule has 8 amide bonds. The second-order valence-electron chi connectivity index (χ2n) is 14.2. The summed E-state index contributed by atoms with van der Waals surface area (Å²) in [5.74, 6) is -4.96. The van der Waals surface area contributed by atoms with Crippen molar-refractivity contribution in [2.45, 2.75) is 69.9 Å². The second kappa shape index (κ2) is 21.2. The van der Waals surface area contributed by atoms with Gasteiger partial charge in [-0.3, -0.25) is 38.4 Å². The summed E-state index contributed by atoms with van der Waals surface area (Å²) in [7, 11) is 0. The molecule has 0 saturated carbocycles. The van der Waals surface area contributed by atoms with Gasteiger partial charge in [-0.2, -0.15) is 0 Å². The van der Waals surface area contributed by atoms with Crippen LogP contribution in [0, 0.1) is 0 Å². The number of hydrogen-bond acceptors (Lipinski definition) is 9. The number of hydrogen-bond donors (Lipinski definition) is 7. The predicted molar refractivity (Wildman–Crippen MR) is 211 cm³/mol. The molecule has 1 unspecified atom stereocenters. The fourth-order valence-electron chi connectivity index (χ4n) is 6.77. The Balaban J connectivity index is 1.46. The first kappa shape index (κ1) is 42.8. The zero-order valence-corrected chi connectivity index (χ0v) is 32.3. The molecule has 17 nitrogen and oxygen atoms in total. The lowest BCUT2D eigenvalue weighted by atomic mass is 9.98. The van der Waals surface area contributed by atoms with Gasteiger partial charge < -0.3 is 46.9 Å². The van der Waals surface area contributed by atoms with Gasteiger partial charge in [-0.05, 0) is 34.7 Å². The van der Waals surface area contributed by atoms with Crippen LogP contribution in [0.25, 0.3) is 10.8 Å². The molecule has 5 rings (SSSR count). The van der Waals surface area contributed by atoms with E-state index in [-0.39, 0.29) is 45.6 Å². The van der Waals surface area contributed by atoms with Crippen molar-refractivity contribution in [3.63, 3.8) is 0 Å². The van der Waals surface area contributed by atoms with Crippen molar-refractivity contribution in [1.29, 1.82) is 0 Å². The van der Waals surface area contributed by atoms with E-state index in [0.29, 0.717) is 12.8 Å². The number of benzene rings is 3. The molecule has 2 heterocycles. The maximum absolute atomic E-state index is 14.5. The minimum absolute atomic E-state index is 0.0134. The van der Waals surface area contributed by atoms with Gasteiger partial charge >= 0.3 is 0 Å². The topological polar surface area (TPSA) is 233 Å². The highest BCUT2D eigenvalue weighted by atomic mass is 16.5. The first-order valence-corrected chi connectivity index (χ1v) is 19.3. The Morgan fingerprint density at radius 3 is 2.21 bits per heavy atom. The van der Waals surface area contributed by atoms with Crippen molar-refractivity contribution in [2.75, 3.05) is 39.3 Å². The van der Waals surface area contributed by atoms with Crippen LogP contribution in [0.1, 0.15) is 43.7 Å². The van der Waals surface area contributed by atoms with Gasteiger partial charge in [-0.15, -0.1) is 0 Å². The standard InChI is InChI=1S/C41H50N8O9/c1-26(50)44-23-38(54)47-33-20-35(51)42-16-7-8-17-43-36(52)21-45-37(53)22-46-39(55)32(18-29-14-9-13-28-12-5-6-15-31(28)29)48-40(56)34-19-30(24-49(34)41(33)57)58-25-27-10-3-2-4-11-27/h2-6,9-15,30,32-34H,7-8,16-25H2,1H3,(H,42,51)(H,43,52)(H,44,50)(H,45,53)(H,46,55)(H,47,54)(H,48,56)/t30?,32-,33+,34+/m1/s1. The molecule has 0 radical (unpaired) electrons. The maximum Gasteiger partial charge on any atom is 0.246 e. The fraction of sp³-hybridized carbons (Fsp3) is 0.415. The van der Waals surface area contributed by atoms with Crippen LogP contribution in [0.5, 0.6) is 0 Å². The quantitative estimate of drug-likeness (QED) is 0.153. The predicted octanol–water partition coefficient (Wildman–Crippen LogP) is -0.677. The largest absolute Gasteiger partial charge is 0.372 e. The first-order valence-electron chi connectivity index (χ1n) is 19.3. The highest BCUT2D eigenvalue weighted by Crippen LogP contribution is 2.25. The number of fused-ring (bicyclic) bond motifs is 2. The minimum Gasteiger partial charge on any atom is -0.372 e. The normalized spacial score (nSPS) is 21.8. The van der Waals surface area contributed by atoms with Crippen molar-refractivity contribution in [3.8, 4) is 0 Å².